The first-order chi connectivity index (χ1) is 26.2. The number of allylic oxidation sites excluding steroid dienone is 3. The molecular formula is C49H40N4. The number of amidine groups is 1. The summed E-state index contributed by atoms with van der Waals surface area (Å²) in [5, 5.41) is 9.75. The molecule has 2 N–H and O–H groups in total. The second-order valence-corrected chi connectivity index (χ2v) is 13.1. The molecule has 4 nitrogen and oxygen atoms in total. The lowest BCUT2D eigenvalue weighted by molar-refractivity contribution is 0.409. The van der Waals surface area contributed by atoms with E-state index in [1.54, 1.807) is 0 Å². The summed E-state index contributed by atoms with van der Waals surface area (Å²) in [5.41, 5.74) is 10.9. The monoisotopic (exact) mass is 684 g/mol. The Hall–Kier alpha value is -6.62. The van der Waals surface area contributed by atoms with Crippen molar-refractivity contribution in [3.63, 3.8) is 0 Å². The summed E-state index contributed by atoms with van der Waals surface area (Å²) in [6.07, 6.45) is 3.76. The molecule has 1 aliphatic heterocycles. The van der Waals surface area contributed by atoms with E-state index < -0.39 is 0 Å². The Morgan fingerprint density at radius 3 is 1.96 bits per heavy atom. The summed E-state index contributed by atoms with van der Waals surface area (Å²) in [7, 11) is 0. The molecule has 0 saturated carbocycles. The van der Waals surface area contributed by atoms with Crippen molar-refractivity contribution in [3.8, 4) is 11.1 Å². The molecular weight excluding hydrogens is 645 g/mol. The molecule has 0 spiro atoms. The molecule has 0 aromatic heterocycles. The number of fused-ring (bicyclic) bond motifs is 1. The van der Waals surface area contributed by atoms with Crippen LogP contribution in [-0.2, 0) is 6.54 Å². The second kappa shape index (κ2) is 15.7. The smallest absolute Gasteiger partial charge is 0.131 e. The average molecular weight is 685 g/mol. The van der Waals surface area contributed by atoms with E-state index in [-0.39, 0.29) is 12.3 Å². The highest BCUT2D eigenvalue weighted by Gasteiger charge is 2.25. The minimum Gasteiger partial charge on any atom is -0.350 e. The predicted molar refractivity (Wildman–Crippen MR) is 222 cm³/mol. The van der Waals surface area contributed by atoms with Crippen LogP contribution in [0.15, 0.2) is 211 Å². The highest BCUT2D eigenvalue weighted by molar-refractivity contribution is 6.13. The molecule has 0 saturated heterocycles. The molecule has 7 aromatic carbocycles. The Morgan fingerprint density at radius 1 is 0.623 bits per heavy atom. The van der Waals surface area contributed by atoms with E-state index >= 15 is 0 Å². The van der Waals surface area contributed by atoms with E-state index in [9.17, 15) is 0 Å². The van der Waals surface area contributed by atoms with Gasteiger partial charge in [-0.25, -0.2) is 4.99 Å². The zero-order chi connectivity index (χ0) is 35.8. The molecule has 256 valence electrons. The number of nitrogens with zero attached hydrogens (tertiary/aromatic N) is 2. The normalized spacial score (nSPS) is 16.1. The van der Waals surface area contributed by atoms with Crippen LogP contribution in [0, 0.1) is 0 Å². The summed E-state index contributed by atoms with van der Waals surface area (Å²) >= 11 is 0. The van der Waals surface area contributed by atoms with E-state index in [0.717, 1.165) is 50.5 Å². The number of nitrogens with one attached hydrogen (secondary N) is 2. The van der Waals surface area contributed by atoms with Crippen LogP contribution in [0.2, 0.25) is 0 Å². The fraction of sp³-hybridized carbons (Fsp3) is 0.0612. The zero-order valence-electron chi connectivity index (χ0n) is 29.4. The van der Waals surface area contributed by atoms with E-state index in [0.29, 0.717) is 6.54 Å². The van der Waals surface area contributed by atoms with Crippen molar-refractivity contribution in [1.29, 1.82) is 0 Å². The van der Waals surface area contributed by atoms with Crippen molar-refractivity contribution < 1.29 is 0 Å². The minimum atomic E-state index is -0.188. The topological polar surface area (TPSA) is 48.8 Å². The van der Waals surface area contributed by atoms with Crippen molar-refractivity contribution >= 4 is 27.9 Å². The molecule has 0 amide bonds. The molecule has 2 unspecified atom stereocenters. The van der Waals surface area contributed by atoms with Crippen molar-refractivity contribution in [2.45, 2.75) is 18.9 Å². The summed E-state index contributed by atoms with van der Waals surface area (Å²) in [6, 6.07) is 63.5. The third-order valence-electron chi connectivity index (χ3n) is 9.65. The molecule has 1 aliphatic rings. The Labute approximate surface area is 311 Å². The highest BCUT2D eigenvalue weighted by Crippen LogP contribution is 2.32. The van der Waals surface area contributed by atoms with Crippen LogP contribution in [0.1, 0.15) is 45.7 Å². The standard InChI is InChI=1S/C49H40N4/c1-2-36(37-18-9-4-10-19-37)33-46(50-34-35-16-7-3-8-17-35)40-29-26-39(27-30-40)44-25-15-24-38-28-31-43(32-45(38)44)49-52-47(41-20-11-5-12-21-41)51-48(53-49)42-22-13-6-14-23-42/h2-33,47-48,51H,1,34H2,(H,52,53)/b36-33+,50-46?. The van der Waals surface area contributed by atoms with Gasteiger partial charge in [-0.05, 0) is 67.4 Å². The van der Waals surface area contributed by atoms with Crippen molar-refractivity contribution in [2.24, 2.45) is 9.98 Å². The molecule has 0 fully saturated rings. The van der Waals surface area contributed by atoms with Gasteiger partial charge in [-0.3, -0.25) is 10.3 Å². The van der Waals surface area contributed by atoms with Crippen LogP contribution in [0.3, 0.4) is 0 Å². The SMILES string of the molecule is C=C/C(=C\C(=NCc1ccccc1)c1ccc(-c2cccc3ccc(C4=NC(c5ccccc5)NC(c5ccccc5)N4)cc23)cc1)c1ccccc1. The third-order valence-corrected chi connectivity index (χ3v) is 9.65. The quantitative estimate of drug-likeness (QED) is 0.111. The van der Waals surface area contributed by atoms with Crippen LogP contribution in [0.25, 0.3) is 27.5 Å². The third kappa shape index (κ3) is 7.69. The molecule has 4 heteroatoms. The summed E-state index contributed by atoms with van der Waals surface area (Å²) < 4.78 is 0. The van der Waals surface area contributed by atoms with E-state index in [1.165, 1.54) is 21.9 Å². The lowest BCUT2D eigenvalue weighted by Gasteiger charge is -2.32. The minimum absolute atomic E-state index is 0.0947. The summed E-state index contributed by atoms with van der Waals surface area (Å²) in [5.74, 6) is 0.862. The predicted octanol–water partition coefficient (Wildman–Crippen LogP) is 11.1. The van der Waals surface area contributed by atoms with Crippen molar-refractivity contribution in [3.05, 3.63) is 234 Å². The van der Waals surface area contributed by atoms with Gasteiger partial charge in [-0.1, -0.05) is 189 Å². The Kier molecular flexibility index (Phi) is 9.95. The molecule has 0 radical (unpaired) electrons. The van der Waals surface area contributed by atoms with Gasteiger partial charge in [-0.15, -0.1) is 0 Å². The maximum Gasteiger partial charge on any atom is 0.131 e. The first kappa shape index (κ1) is 33.5. The second-order valence-electron chi connectivity index (χ2n) is 13.1. The van der Waals surface area contributed by atoms with Gasteiger partial charge in [-0.2, -0.15) is 0 Å². The fourth-order valence-corrected chi connectivity index (χ4v) is 6.84. The van der Waals surface area contributed by atoms with Crippen molar-refractivity contribution in [1.82, 2.24) is 10.6 Å². The first-order valence-corrected chi connectivity index (χ1v) is 18.0. The molecule has 8 rings (SSSR count). The summed E-state index contributed by atoms with van der Waals surface area (Å²) in [4.78, 5) is 10.3. The maximum absolute atomic E-state index is 5.20. The first-order valence-electron chi connectivity index (χ1n) is 18.0. The van der Waals surface area contributed by atoms with Gasteiger partial charge in [0.05, 0.1) is 12.3 Å². The average Bonchev–Trinajstić information content (AvgIpc) is 3.24. The van der Waals surface area contributed by atoms with E-state index in [4.69, 9.17) is 9.98 Å². The van der Waals surface area contributed by atoms with Crippen LogP contribution in [0.4, 0.5) is 0 Å². The van der Waals surface area contributed by atoms with E-state index in [2.05, 4.69) is 181 Å². The number of aliphatic imine (C=N–C) groups is 2. The van der Waals surface area contributed by atoms with Crippen LogP contribution in [0.5, 0.6) is 0 Å². The van der Waals surface area contributed by atoms with Crippen molar-refractivity contribution in [2.75, 3.05) is 0 Å². The maximum atomic E-state index is 5.20. The van der Waals surface area contributed by atoms with Crippen LogP contribution >= 0.6 is 0 Å². The molecule has 53 heavy (non-hydrogen) atoms. The summed E-state index contributed by atoms with van der Waals surface area (Å²) in [6.45, 7) is 4.71. The van der Waals surface area contributed by atoms with Crippen LogP contribution in [-0.4, -0.2) is 11.5 Å². The molecule has 7 aromatic rings. The molecule has 0 aliphatic carbocycles. The largest absolute Gasteiger partial charge is 0.350 e. The Balaban J connectivity index is 1.15. The molecule has 0 bridgehead atoms. The highest BCUT2D eigenvalue weighted by atomic mass is 15.3. The van der Waals surface area contributed by atoms with Gasteiger partial charge in [0.2, 0.25) is 0 Å². The number of benzene rings is 7. The van der Waals surface area contributed by atoms with E-state index in [1.807, 2.05) is 30.3 Å². The van der Waals surface area contributed by atoms with Gasteiger partial charge in [0.1, 0.15) is 18.2 Å². The number of hydrogen-bond donors (Lipinski definition) is 2. The van der Waals surface area contributed by atoms with Gasteiger partial charge >= 0.3 is 0 Å². The zero-order valence-corrected chi connectivity index (χ0v) is 29.4. The molecule has 2 atom stereocenters. The lowest BCUT2D eigenvalue weighted by atomic mass is 9.94. The van der Waals surface area contributed by atoms with Gasteiger partial charge in [0.25, 0.3) is 0 Å². The number of rotatable bonds is 10. The lowest BCUT2D eigenvalue weighted by Crippen LogP contribution is -2.44. The fourth-order valence-electron chi connectivity index (χ4n) is 6.84. The Morgan fingerprint density at radius 2 is 1.26 bits per heavy atom. The van der Waals surface area contributed by atoms with Gasteiger partial charge in [0, 0.05) is 5.56 Å². The van der Waals surface area contributed by atoms with Gasteiger partial charge < -0.3 is 5.32 Å². The molecule has 1 heterocycles. The Bertz CT molecular complexity index is 2410. The van der Waals surface area contributed by atoms with Gasteiger partial charge in [0.15, 0.2) is 0 Å². The number of hydrogen-bond acceptors (Lipinski definition) is 4. The van der Waals surface area contributed by atoms with Crippen LogP contribution < -0.4 is 10.6 Å².